The van der Waals surface area contributed by atoms with Crippen LogP contribution in [-0.2, 0) is 0 Å². The SMILES string of the molecule is c1ccc(Oc2ccccc2[PH](c2ccccc2)(c2ccccc2)c2ccccc2)cc1. The van der Waals surface area contributed by atoms with E-state index in [9.17, 15) is 0 Å². The quantitative estimate of drug-likeness (QED) is 0.307. The Morgan fingerprint density at radius 2 is 0.750 bits per heavy atom. The fraction of sp³-hybridized carbons (Fsp3) is 0. The average molecular weight is 433 g/mol. The molecule has 5 rings (SSSR count). The molecule has 0 spiro atoms. The van der Waals surface area contributed by atoms with E-state index in [1.165, 1.54) is 21.2 Å². The third-order valence-corrected chi connectivity index (χ3v) is 10.7. The second-order valence-electron chi connectivity index (χ2n) is 7.76. The molecule has 0 saturated heterocycles. The molecule has 32 heavy (non-hydrogen) atoms. The zero-order valence-corrected chi connectivity index (χ0v) is 18.8. The Morgan fingerprint density at radius 1 is 0.375 bits per heavy atom. The molecule has 0 atom stereocenters. The molecule has 0 amide bonds. The van der Waals surface area contributed by atoms with Gasteiger partial charge in [0.25, 0.3) is 0 Å². The van der Waals surface area contributed by atoms with Crippen LogP contribution in [0.15, 0.2) is 146 Å². The summed E-state index contributed by atoms with van der Waals surface area (Å²) in [6.45, 7) is 0. The van der Waals surface area contributed by atoms with Crippen LogP contribution in [0.5, 0.6) is 11.5 Å². The van der Waals surface area contributed by atoms with Gasteiger partial charge >= 0.3 is 190 Å². The van der Waals surface area contributed by atoms with Crippen LogP contribution in [0.2, 0.25) is 0 Å². The molecule has 0 heterocycles. The van der Waals surface area contributed by atoms with Crippen molar-refractivity contribution in [3.05, 3.63) is 146 Å². The molecule has 0 aliphatic carbocycles. The van der Waals surface area contributed by atoms with Crippen molar-refractivity contribution in [3.63, 3.8) is 0 Å². The van der Waals surface area contributed by atoms with Crippen LogP contribution in [0, 0.1) is 0 Å². The number of ether oxygens (including phenoxy) is 1. The summed E-state index contributed by atoms with van der Waals surface area (Å²) in [6.07, 6.45) is 0. The molecule has 2 heteroatoms. The minimum absolute atomic E-state index is 0.844. The molecular weight excluding hydrogens is 407 g/mol. The Hall–Kier alpha value is -3.67. The van der Waals surface area contributed by atoms with Gasteiger partial charge < -0.3 is 0 Å². The summed E-state index contributed by atoms with van der Waals surface area (Å²) in [4.78, 5) is 0. The van der Waals surface area contributed by atoms with Gasteiger partial charge in [0.1, 0.15) is 0 Å². The second-order valence-corrected chi connectivity index (χ2v) is 11.5. The van der Waals surface area contributed by atoms with Crippen LogP contribution in [0.4, 0.5) is 0 Å². The third kappa shape index (κ3) is 3.73. The first-order chi connectivity index (χ1) is 15.9. The first kappa shape index (κ1) is 20.2. The first-order valence-electron chi connectivity index (χ1n) is 10.9. The van der Waals surface area contributed by atoms with Gasteiger partial charge in [-0.05, 0) is 0 Å². The van der Waals surface area contributed by atoms with Crippen molar-refractivity contribution in [2.45, 2.75) is 0 Å². The number of rotatable bonds is 6. The van der Waals surface area contributed by atoms with Crippen LogP contribution in [0.1, 0.15) is 0 Å². The molecule has 5 aromatic rings. The number of hydrogen-bond acceptors (Lipinski definition) is 1. The Morgan fingerprint density at radius 3 is 1.22 bits per heavy atom. The van der Waals surface area contributed by atoms with Gasteiger partial charge in [0.15, 0.2) is 0 Å². The molecule has 0 N–H and O–H groups in total. The maximum absolute atomic E-state index is 6.51. The Labute approximate surface area is 190 Å². The van der Waals surface area contributed by atoms with E-state index < -0.39 is 7.26 Å². The normalized spacial score (nSPS) is 11.6. The molecule has 0 aliphatic rings. The molecule has 0 aliphatic heterocycles. The molecule has 0 bridgehead atoms. The topological polar surface area (TPSA) is 9.23 Å². The Kier molecular flexibility index (Phi) is 5.83. The van der Waals surface area contributed by atoms with Gasteiger partial charge in [0.2, 0.25) is 0 Å². The molecule has 0 fully saturated rings. The van der Waals surface area contributed by atoms with E-state index >= 15 is 0 Å². The number of hydrogen-bond donors (Lipinski definition) is 0. The molecule has 0 radical (unpaired) electrons. The molecule has 156 valence electrons. The van der Waals surface area contributed by atoms with Crippen LogP contribution in [0.3, 0.4) is 0 Å². The molecule has 1 nitrogen and oxygen atoms in total. The van der Waals surface area contributed by atoms with Gasteiger partial charge in [-0.2, -0.15) is 0 Å². The molecular formula is C30H25OP. The fourth-order valence-corrected chi connectivity index (χ4v) is 9.37. The maximum atomic E-state index is 6.51. The van der Waals surface area contributed by atoms with Crippen molar-refractivity contribution in [2.24, 2.45) is 0 Å². The molecule has 5 aromatic carbocycles. The summed E-state index contributed by atoms with van der Waals surface area (Å²) in [7, 11) is -2.62. The van der Waals surface area contributed by atoms with Gasteiger partial charge in [0.05, 0.1) is 0 Å². The van der Waals surface area contributed by atoms with E-state index in [-0.39, 0.29) is 0 Å². The van der Waals surface area contributed by atoms with Crippen LogP contribution < -0.4 is 26.0 Å². The van der Waals surface area contributed by atoms with Crippen molar-refractivity contribution in [3.8, 4) is 11.5 Å². The van der Waals surface area contributed by atoms with Crippen molar-refractivity contribution < 1.29 is 4.74 Å². The monoisotopic (exact) mass is 432 g/mol. The minimum atomic E-state index is -2.62. The summed E-state index contributed by atoms with van der Waals surface area (Å²) >= 11 is 0. The third-order valence-electron chi connectivity index (χ3n) is 5.88. The van der Waals surface area contributed by atoms with E-state index in [0.717, 1.165) is 11.5 Å². The molecule has 0 saturated carbocycles. The summed E-state index contributed by atoms with van der Waals surface area (Å²) in [5.41, 5.74) is 0. The average Bonchev–Trinajstić information content (AvgIpc) is 2.88. The van der Waals surface area contributed by atoms with Crippen molar-refractivity contribution >= 4 is 28.5 Å². The summed E-state index contributed by atoms with van der Waals surface area (Å²) in [5.74, 6) is 1.75. The van der Waals surface area contributed by atoms with Gasteiger partial charge in [-0.3, -0.25) is 0 Å². The summed E-state index contributed by atoms with van der Waals surface area (Å²) in [6, 6.07) is 51.3. The summed E-state index contributed by atoms with van der Waals surface area (Å²) in [5, 5.41) is 5.25. The number of benzene rings is 5. The fourth-order valence-electron chi connectivity index (χ4n) is 4.51. The molecule has 0 aromatic heterocycles. The summed E-state index contributed by atoms with van der Waals surface area (Å²) < 4.78 is 6.51. The van der Waals surface area contributed by atoms with E-state index in [4.69, 9.17) is 4.74 Å². The van der Waals surface area contributed by atoms with Gasteiger partial charge in [0, 0.05) is 0 Å². The zero-order chi connectivity index (χ0) is 21.6. The van der Waals surface area contributed by atoms with Crippen LogP contribution in [0.25, 0.3) is 0 Å². The number of para-hydroxylation sites is 2. The van der Waals surface area contributed by atoms with Gasteiger partial charge in [-0.15, -0.1) is 0 Å². The van der Waals surface area contributed by atoms with Gasteiger partial charge in [-0.1, -0.05) is 0 Å². The van der Waals surface area contributed by atoms with E-state index in [0.29, 0.717) is 0 Å². The molecule has 0 unspecified atom stereocenters. The zero-order valence-electron chi connectivity index (χ0n) is 17.8. The predicted molar refractivity (Wildman–Crippen MR) is 139 cm³/mol. The van der Waals surface area contributed by atoms with Crippen LogP contribution in [-0.4, -0.2) is 0 Å². The van der Waals surface area contributed by atoms with E-state index in [1.54, 1.807) is 0 Å². The van der Waals surface area contributed by atoms with Crippen molar-refractivity contribution in [1.29, 1.82) is 0 Å². The first-order valence-corrected chi connectivity index (χ1v) is 12.9. The van der Waals surface area contributed by atoms with Gasteiger partial charge in [-0.25, -0.2) is 0 Å². The Balaban J connectivity index is 1.84. The van der Waals surface area contributed by atoms with E-state index in [1.807, 2.05) is 30.3 Å². The second kappa shape index (κ2) is 9.22. The van der Waals surface area contributed by atoms with Crippen LogP contribution >= 0.6 is 7.26 Å². The van der Waals surface area contributed by atoms with Crippen molar-refractivity contribution in [2.75, 3.05) is 0 Å². The standard InChI is InChI=1S/C30H25OP/c1-5-15-25(16-6-1)31-29-23-13-14-24-30(29)32(26-17-7-2-8-18-26,27-19-9-3-10-20-27)28-21-11-4-12-22-28/h1-24,32H. The predicted octanol–water partition coefficient (Wildman–Crippen LogP) is 5.83. The van der Waals surface area contributed by atoms with Crippen molar-refractivity contribution in [1.82, 2.24) is 0 Å². The Bertz CT molecular complexity index is 1170. The van der Waals surface area contributed by atoms with E-state index in [2.05, 4.69) is 115 Å².